The van der Waals surface area contributed by atoms with Crippen molar-refractivity contribution in [1.29, 1.82) is 0 Å². The van der Waals surface area contributed by atoms with E-state index in [4.69, 9.17) is 16.3 Å². The number of halogens is 2. The summed E-state index contributed by atoms with van der Waals surface area (Å²) in [6, 6.07) is 6.94. The van der Waals surface area contributed by atoms with E-state index in [1.807, 2.05) is 0 Å². The third-order valence-electron chi connectivity index (χ3n) is 3.21. The first-order chi connectivity index (χ1) is 8.75. The standard InChI is InChI=1S/C14H18ClNO2.ClH/c15-14(17)12-4-6-13(7-5-12)18-11-10-16-8-2-1-3-9-16;/h4-7H,1-3,8-11H2;1H. The van der Waals surface area contributed by atoms with Gasteiger partial charge in [0.05, 0.1) is 0 Å². The van der Waals surface area contributed by atoms with Crippen molar-refractivity contribution in [3.8, 4) is 5.75 Å². The highest BCUT2D eigenvalue weighted by molar-refractivity contribution is 6.67. The van der Waals surface area contributed by atoms with Crippen LogP contribution < -0.4 is 4.74 Å². The largest absolute Gasteiger partial charge is 0.492 e. The minimum Gasteiger partial charge on any atom is -0.492 e. The summed E-state index contributed by atoms with van der Waals surface area (Å²) in [5, 5.41) is -0.435. The summed E-state index contributed by atoms with van der Waals surface area (Å²) in [4.78, 5) is 13.3. The molecule has 1 aromatic rings. The van der Waals surface area contributed by atoms with Gasteiger partial charge < -0.3 is 4.74 Å². The van der Waals surface area contributed by atoms with Gasteiger partial charge in [0.1, 0.15) is 12.4 Å². The second-order valence-electron chi connectivity index (χ2n) is 4.55. The third kappa shape index (κ3) is 5.39. The van der Waals surface area contributed by atoms with Gasteiger partial charge in [0.15, 0.2) is 0 Å². The number of carbonyl (C=O) groups is 1. The number of benzene rings is 1. The predicted molar refractivity (Wildman–Crippen MR) is 79.7 cm³/mol. The number of nitrogens with zero attached hydrogens (tertiary/aromatic N) is 1. The average molecular weight is 304 g/mol. The quantitative estimate of drug-likeness (QED) is 0.781. The molecule has 1 heterocycles. The van der Waals surface area contributed by atoms with Crippen molar-refractivity contribution in [3.05, 3.63) is 29.8 Å². The molecule has 106 valence electrons. The summed E-state index contributed by atoms with van der Waals surface area (Å²) < 4.78 is 5.65. The fraction of sp³-hybridized carbons (Fsp3) is 0.500. The lowest BCUT2D eigenvalue weighted by Gasteiger charge is -2.26. The Morgan fingerprint density at radius 2 is 1.79 bits per heavy atom. The predicted octanol–water partition coefficient (Wildman–Crippen LogP) is 3.35. The van der Waals surface area contributed by atoms with Gasteiger partial charge in [-0.25, -0.2) is 0 Å². The molecule has 0 bridgehead atoms. The van der Waals surface area contributed by atoms with E-state index < -0.39 is 5.24 Å². The molecule has 0 unspecified atom stereocenters. The molecular formula is C14H19Cl2NO2. The SMILES string of the molecule is Cl.O=C(Cl)c1ccc(OCCN2CCCCC2)cc1. The van der Waals surface area contributed by atoms with Crippen LogP contribution in [-0.2, 0) is 0 Å². The van der Waals surface area contributed by atoms with Crippen LogP contribution in [0.2, 0.25) is 0 Å². The molecule has 1 aliphatic heterocycles. The van der Waals surface area contributed by atoms with E-state index in [-0.39, 0.29) is 12.4 Å². The van der Waals surface area contributed by atoms with Gasteiger partial charge in [-0.2, -0.15) is 0 Å². The van der Waals surface area contributed by atoms with Gasteiger partial charge >= 0.3 is 0 Å². The van der Waals surface area contributed by atoms with Gasteiger partial charge in [0.2, 0.25) is 0 Å². The first kappa shape index (κ1) is 16.3. The van der Waals surface area contributed by atoms with Crippen LogP contribution in [0.25, 0.3) is 0 Å². The van der Waals surface area contributed by atoms with Gasteiger partial charge in [-0.05, 0) is 61.8 Å². The Hall–Kier alpha value is -0.770. The fourth-order valence-corrected chi connectivity index (χ4v) is 2.28. The van der Waals surface area contributed by atoms with Crippen molar-refractivity contribution in [1.82, 2.24) is 4.90 Å². The Bertz CT molecular complexity index is 389. The molecule has 19 heavy (non-hydrogen) atoms. The molecular weight excluding hydrogens is 285 g/mol. The van der Waals surface area contributed by atoms with Gasteiger partial charge in [0, 0.05) is 12.1 Å². The topological polar surface area (TPSA) is 29.5 Å². The van der Waals surface area contributed by atoms with Crippen LogP contribution in [0.3, 0.4) is 0 Å². The van der Waals surface area contributed by atoms with E-state index in [0.717, 1.165) is 12.3 Å². The lowest BCUT2D eigenvalue weighted by Crippen LogP contribution is -2.33. The second kappa shape index (κ2) is 8.41. The molecule has 0 N–H and O–H groups in total. The minimum absolute atomic E-state index is 0. The van der Waals surface area contributed by atoms with E-state index in [2.05, 4.69) is 4.90 Å². The van der Waals surface area contributed by atoms with Gasteiger partial charge in [0.25, 0.3) is 5.24 Å². The van der Waals surface area contributed by atoms with Gasteiger partial charge in [-0.1, -0.05) is 6.42 Å². The molecule has 0 radical (unpaired) electrons. The zero-order chi connectivity index (χ0) is 12.8. The fourth-order valence-electron chi connectivity index (χ4n) is 2.16. The number of hydrogen-bond acceptors (Lipinski definition) is 3. The van der Waals surface area contributed by atoms with Crippen molar-refractivity contribution in [3.63, 3.8) is 0 Å². The highest BCUT2D eigenvalue weighted by Gasteiger charge is 2.09. The Morgan fingerprint density at radius 3 is 2.37 bits per heavy atom. The highest BCUT2D eigenvalue weighted by Crippen LogP contribution is 2.14. The molecule has 0 aliphatic carbocycles. The van der Waals surface area contributed by atoms with Crippen LogP contribution in [-0.4, -0.2) is 36.4 Å². The molecule has 0 saturated carbocycles. The number of ether oxygens (including phenoxy) is 1. The van der Waals surface area contributed by atoms with E-state index in [1.165, 1.54) is 32.4 Å². The lowest BCUT2D eigenvalue weighted by atomic mass is 10.1. The zero-order valence-electron chi connectivity index (χ0n) is 10.8. The lowest BCUT2D eigenvalue weighted by molar-refractivity contribution is 0.108. The van der Waals surface area contributed by atoms with Crippen molar-refractivity contribution < 1.29 is 9.53 Å². The number of likely N-dealkylation sites (tertiary alicyclic amines) is 1. The van der Waals surface area contributed by atoms with Crippen LogP contribution in [0.1, 0.15) is 29.6 Å². The first-order valence-corrected chi connectivity index (χ1v) is 6.78. The molecule has 2 rings (SSSR count). The molecule has 0 amide bonds. The summed E-state index contributed by atoms with van der Waals surface area (Å²) in [5.74, 6) is 0.786. The summed E-state index contributed by atoms with van der Waals surface area (Å²) in [5.41, 5.74) is 0.500. The molecule has 0 atom stereocenters. The van der Waals surface area contributed by atoms with E-state index in [1.54, 1.807) is 24.3 Å². The van der Waals surface area contributed by atoms with Crippen LogP contribution in [0, 0.1) is 0 Å². The van der Waals surface area contributed by atoms with E-state index >= 15 is 0 Å². The molecule has 3 nitrogen and oxygen atoms in total. The maximum atomic E-state index is 10.9. The first-order valence-electron chi connectivity index (χ1n) is 6.41. The Labute approximate surface area is 125 Å². The highest BCUT2D eigenvalue weighted by atomic mass is 35.5. The molecule has 1 fully saturated rings. The van der Waals surface area contributed by atoms with Crippen molar-refractivity contribution in [2.45, 2.75) is 19.3 Å². The smallest absolute Gasteiger partial charge is 0.252 e. The maximum absolute atomic E-state index is 10.9. The van der Waals surface area contributed by atoms with Crippen molar-refractivity contribution in [2.75, 3.05) is 26.2 Å². The second-order valence-corrected chi connectivity index (χ2v) is 4.89. The molecule has 0 spiro atoms. The van der Waals surface area contributed by atoms with Gasteiger partial charge in [-0.15, -0.1) is 12.4 Å². The van der Waals surface area contributed by atoms with Crippen LogP contribution in [0.5, 0.6) is 5.75 Å². The summed E-state index contributed by atoms with van der Waals surface area (Å²) in [6.45, 7) is 4.02. The molecule has 1 aliphatic rings. The summed E-state index contributed by atoms with van der Waals surface area (Å²) >= 11 is 5.38. The molecule has 5 heteroatoms. The average Bonchev–Trinajstić information content (AvgIpc) is 2.40. The molecule has 0 aromatic heterocycles. The Morgan fingerprint density at radius 1 is 1.16 bits per heavy atom. The van der Waals surface area contributed by atoms with Gasteiger partial charge in [-0.3, -0.25) is 9.69 Å². The third-order valence-corrected chi connectivity index (χ3v) is 3.42. The van der Waals surface area contributed by atoms with Crippen LogP contribution in [0.15, 0.2) is 24.3 Å². The molecule has 1 aromatic carbocycles. The normalized spacial score (nSPS) is 15.6. The number of carbonyl (C=O) groups excluding carboxylic acids is 1. The van der Waals surface area contributed by atoms with Crippen molar-refractivity contribution in [2.24, 2.45) is 0 Å². The van der Waals surface area contributed by atoms with Crippen molar-refractivity contribution >= 4 is 29.3 Å². The van der Waals surface area contributed by atoms with E-state index in [9.17, 15) is 4.79 Å². The van der Waals surface area contributed by atoms with Crippen LogP contribution in [0.4, 0.5) is 0 Å². The number of piperidine rings is 1. The van der Waals surface area contributed by atoms with E-state index in [0.29, 0.717) is 12.2 Å². The van der Waals surface area contributed by atoms with Crippen LogP contribution >= 0.6 is 24.0 Å². The summed E-state index contributed by atoms with van der Waals surface area (Å²) in [7, 11) is 0. The number of rotatable bonds is 5. The minimum atomic E-state index is -0.435. The maximum Gasteiger partial charge on any atom is 0.252 e. The summed E-state index contributed by atoms with van der Waals surface area (Å²) in [6.07, 6.45) is 3.95. The molecule has 1 saturated heterocycles. The zero-order valence-corrected chi connectivity index (χ0v) is 12.4. The number of hydrogen-bond donors (Lipinski definition) is 0. The Balaban J connectivity index is 0.00000180. The Kier molecular flexibility index (Phi) is 7.21. The monoisotopic (exact) mass is 303 g/mol.